The van der Waals surface area contributed by atoms with Crippen LogP contribution in [0.1, 0.15) is 19.4 Å². The first-order chi connectivity index (χ1) is 8.41. The van der Waals surface area contributed by atoms with Crippen molar-refractivity contribution in [3.63, 3.8) is 0 Å². The fraction of sp³-hybridized carbons (Fsp3) is 0.462. The molecule has 0 aliphatic carbocycles. The van der Waals surface area contributed by atoms with E-state index in [0.29, 0.717) is 13.0 Å². The van der Waals surface area contributed by atoms with E-state index in [2.05, 4.69) is 5.32 Å². The number of phenols is 2. The Morgan fingerprint density at radius 3 is 2.56 bits per heavy atom. The Kier molecular flexibility index (Phi) is 4.97. The first kappa shape index (κ1) is 14.3. The highest BCUT2D eigenvalue weighted by molar-refractivity contribution is 5.81. The Morgan fingerprint density at radius 1 is 1.33 bits per heavy atom. The molecule has 5 N–H and O–H groups in total. The Hall–Kier alpha value is -1.75. The van der Waals surface area contributed by atoms with Crippen LogP contribution >= 0.6 is 0 Å². The highest BCUT2D eigenvalue weighted by Crippen LogP contribution is 2.24. The van der Waals surface area contributed by atoms with E-state index < -0.39 is 6.04 Å². The molecule has 18 heavy (non-hydrogen) atoms. The molecule has 1 aromatic carbocycles. The van der Waals surface area contributed by atoms with Crippen molar-refractivity contribution in [3.8, 4) is 11.5 Å². The summed E-state index contributed by atoms with van der Waals surface area (Å²) in [7, 11) is 0. The fourth-order valence-corrected chi connectivity index (χ4v) is 1.48. The summed E-state index contributed by atoms with van der Waals surface area (Å²) in [4.78, 5) is 11.6. The van der Waals surface area contributed by atoms with Gasteiger partial charge in [-0.3, -0.25) is 4.79 Å². The molecule has 0 spiro atoms. The molecule has 1 rings (SSSR count). The monoisotopic (exact) mass is 252 g/mol. The van der Waals surface area contributed by atoms with E-state index in [9.17, 15) is 9.90 Å². The summed E-state index contributed by atoms with van der Waals surface area (Å²) in [6.45, 7) is 4.23. The molecule has 5 heteroatoms. The van der Waals surface area contributed by atoms with Crippen molar-refractivity contribution < 1.29 is 15.0 Å². The molecule has 0 unspecified atom stereocenters. The Bertz CT molecular complexity index is 419. The van der Waals surface area contributed by atoms with E-state index in [0.717, 1.165) is 5.56 Å². The topological polar surface area (TPSA) is 95.6 Å². The zero-order valence-electron chi connectivity index (χ0n) is 10.7. The third kappa shape index (κ3) is 3.92. The van der Waals surface area contributed by atoms with Crippen molar-refractivity contribution in [3.05, 3.63) is 23.8 Å². The molecule has 1 amide bonds. The van der Waals surface area contributed by atoms with Gasteiger partial charge in [-0.25, -0.2) is 0 Å². The molecule has 0 aliphatic rings. The number of aromatic hydroxyl groups is 2. The van der Waals surface area contributed by atoms with Crippen LogP contribution in [0.4, 0.5) is 0 Å². The molecule has 0 bridgehead atoms. The minimum atomic E-state index is -0.502. The molecule has 5 nitrogen and oxygen atoms in total. The zero-order chi connectivity index (χ0) is 13.7. The maximum atomic E-state index is 11.6. The average molecular weight is 252 g/mol. The number of nitrogens with one attached hydrogen (secondary N) is 1. The standard InChI is InChI=1S/C13H20N2O3/c1-8(2)12(14)13(18)15-6-5-9-3-4-10(16)11(17)7-9/h3-4,7-8,12,16-17H,5-6,14H2,1-2H3,(H,15,18)/t12-/m1/s1. The lowest BCUT2D eigenvalue weighted by Crippen LogP contribution is -2.44. The van der Waals surface area contributed by atoms with Gasteiger partial charge in [-0.2, -0.15) is 0 Å². The fourth-order valence-electron chi connectivity index (χ4n) is 1.48. The van der Waals surface area contributed by atoms with Crippen LogP contribution in [0.5, 0.6) is 11.5 Å². The third-order valence-electron chi connectivity index (χ3n) is 2.77. The lowest BCUT2D eigenvalue weighted by molar-refractivity contribution is -0.123. The van der Waals surface area contributed by atoms with Crippen molar-refractivity contribution in [1.82, 2.24) is 5.32 Å². The lowest BCUT2D eigenvalue weighted by Gasteiger charge is -2.15. The number of benzene rings is 1. The van der Waals surface area contributed by atoms with E-state index in [1.165, 1.54) is 12.1 Å². The molecule has 0 heterocycles. The summed E-state index contributed by atoms with van der Waals surface area (Å²) in [6.07, 6.45) is 0.574. The largest absolute Gasteiger partial charge is 0.504 e. The summed E-state index contributed by atoms with van der Waals surface area (Å²) >= 11 is 0. The van der Waals surface area contributed by atoms with Crippen LogP contribution in [0.25, 0.3) is 0 Å². The van der Waals surface area contributed by atoms with Gasteiger partial charge < -0.3 is 21.3 Å². The van der Waals surface area contributed by atoms with Gasteiger partial charge in [0.25, 0.3) is 0 Å². The Labute approximate surface area is 107 Å². The number of carbonyl (C=O) groups excluding carboxylic acids is 1. The number of amides is 1. The summed E-state index contributed by atoms with van der Waals surface area (Å²) in [5, 5.41) is 21.2. The van der Waals surface area contributed by atoms with Crippen LogP contribution in [0.2, 0.25) is 0 Å². The van der Waals surface area contributed by atoms with Gasteiger partial charge in [0.05, 0.1) is 6.04 Å². The normalized spacial score (nSPS) is 12.4. The summed E-state index contributed by atoms with van der Waals surface area (Å²) < 4.78 is 0. The molecule has 0 saturated heterocycles. The van der Waals surface area contributed by atoms with E-state index in [1.807, 2.05) is 13.8 Å². The molecular weight excluding hydrogens is 232 g/mol. The van der Waals surface area contributed by atoms with Gasteiger partial charge in [-0.05, 0) is 30.0 Å². The molecule has 1 atom stereocenters. The van der Waals surface area contributed by atoms with Crippen molar-refractivity contribution in [2.24, 2.45) is 11.7 Å². The maximum absolute atomic E-state index is 11.6. The number of nitrogens with two attached hydrogens (primary N) is 1. The van der Waals surface area contributed by atoms with Crippen LogP contribution < -0.4 is 11.1 Å². The highest BCUT2D eigenvalue weighted by atomic mass is 16.3. The minimum Gasteiger partial charge on any atom is -0.504 e. The summed E-state index contributed by atoms with van der Waals surface area (Å²) in [5.41, 5.74) is 6.54. The van der Waals surface area contributed by atoms with E-state index in [1.54, 1.807) is 6.07 Å². The van der Waals surface area contributed by atoms with Crippen molar-refractivity contribution >= 4 is 5.91 Å². The number of rotatable bonds is 5. The van der Waals surface area contributed by atoms with Crippen molar-refractivity contribution in [1.29, 1.82) is 0 Å². The second kappa shape index (κ2) is 6.26. The Balaban J connectivity index is 2.42. The van der Waals surface area contributed by atoms with Crippen LogP contribution in [-0.2, 0) is 11.2 Å². The quantitative estimate of drug-likeness (QED) is 0.581. The zero-order valence-corrected chi connectivity index (χ0v) is 10.7. The minimum absolute atomic E-state index is 0.0997. The SMILES string of the molecule is CC(C)[C@@H](N)C(=O)NCCc1ccc(O)c(O)c1. The predicted molar refractivity (Wildman–Crippen MR) is 69.3 cm³/mol. The van der Waals surface area contributed by atoms with Crippen LogP contribution in [-0.4, -0.2) is 28.7 Å². The first-order valence-electron chi connectivity index (χ1n) is 5.96. The number of hydrogen-bond acceptors (Lipinski definition) is 4. The second-order valence-electron chi connectivity index (χ2n) is 4.63. The third-order valence-corrected chi connectivity index (χ3v) is 2.77. The van der Waals surface area contributed by atoms with Gasteiger partial charge in [-0.1, -0.05) is 19.9 Å². The van der Waals surface area contributed by atoms with Gasteiger partial charge >= 0.3 is 0 Å². The molecule has 100 valence electrons. The molecular formula is C13H20N2O3. The number of carbonyl (C=O) groups is 1. The van der Waals surface area contributed by atoms with Gasteiger partial charge in [0.1, 0.15) is 0 Å². The van der Waals surface area contributed by atoms with E-state index in [-0.39, 0.29) is 23.3 Å². The molecule has 0 saturated carbocycles. The maximum Gasteiger partial charge on any atom is 0.237 e. The summed E-state index contributed by atoms with van der Waals surface area (Å²) in [5.74, 6) is -0.377. The number of hydrogen-bond donors (Lipinski definition) is 4. The van der Waals surface area contributed by atoms with E-state index >= 15 is 0 Å². The van der Waals surface area contributed by atoms with E-state index in [4.69, 9.17) is 10.8 Å². The highest BCUT2D eigenvalue weighted by Gasteiger charge is 2.16. The van der Waals surface area contributed by atoms with Gasteiger partial charge in [-0.15, -0.1) is 0 Å². The molecule has 0 aliphatic heterocycles. The second-order valence-corrected chi connectivity index (χ2v) is 4.63. The number of phenolic OH excluding ortho intramolecular Hbond substituents is 2. The Morgan fingerprint density at radius 2 is 2.00 bits per heavy atom. The van der Waals surface area contributed by atoms with Crippen molar-refractivity contribution in [2.75, 3.05) is 6.54 Å². The molecule has 0 aromatic heterocycles. The smallest absolute Gasteiger partial charge is 0.237 e. The van der Waals surface area contributed by atoms with Crippen LogP contribution in [0.15, 0.2) is 18.2 Å². The molecule has 0 radical (unpaired) electrons. The molecule has 1 aromatic rings. The average Bonchev–Trinajstić information content (AvgIpc) is 2.32. The first-order valence-corrected chi connectivity index (χ1v) is 5.96. The predicted octanol–water partition coefficient (Wildman–Crippen LogP) is 0.740. The molecule has 0 fully saturated rings. The van der Waals surface area contributed by atoms with Gasteiger partial charge in [0, 0.05) is 6.54 Å². The van der Waals surface area contributed by atoms with Gasteiger partial charge in [0.2, 0.25) is 5.91 Å². The summed E-state index contributed by atoms with van der Waals surface area (Å²) in [6, 6.07) is 4.10. The van der Waals surface area contributed by atoms with Gasteiger partial charge in [0.15, 0.2) is 11.5 Å². The van der Waals surface area contributed by atoms with Crippen LogP contribution in [0, 0.1) is 5.92 Å². The van der Waals surface area contributed by atoms with Crippen molar-refractivity contribution in [2.45, 2.75) is 26.3 Å². The van der Waals surface area contributed by atoms with Crippen LogP contribution in [0.3, 0.4) is 0 Å². The lowest BCUT2D eigenvalue weighted by atomic mass is 10.0.